The summed E-state index contributed by atoms with van der Waals surface area (Å²) >= 11 is 0. The van der Waals surface area contributed by atoms with Gasteiger partial charge in [-0.15, -0.1) is 0 Å². The van der Waals surface area contributed by atoms with Crippen molar-refractivity contribution in [2.75, 3.05) is 0 Å². The summed E-state index contributed by atoms with van der Waals surface area (Å²) in [6.07, 6.45) is -0.608. The first-order valence-electron chi connectivity index (χ1n) is 12.4. The van der Waals surface area contributed by atoms with Crippen molar-refractivity contribution in [2.24, 2.45) is 0 Å². The molecule has 4 heteroatoms. The molecule has 0 spiro atoms. The summed E-state index contributed by atoms with van der Waals surface area (Å²) in [6, 6.07) is 36.1. The molecule has 2 heterocycles. The van der Waals surface area contributed by atoms with Gasteiger partial charge in [-0.3, -0.25) is 4.68 Å². The van der Waals surface area contributed by atoms with Crippen LogP contribution in [-0.2, 0) is 13.1 Å². The first-order valence-corrected chi connectivity index (χ1v) is 12.4. The highest BCUT2D eigenvalue weighted by Gasteiger charge is 2.23. The van der Waals surface area contributed by atoms with E-state index in [4.69, 9.17) is 0 Å². The quantitative estimate of drug-likeness (QED) is 0.284. The van der Waals surface area contributed by atoms with E-state index >= 15 is 0 Å². The Balaban J connectivity index is 1.63. The molecule has 6 aromatic rings. The Labute approximate surface area is 211 Å². The molecule has 6 rings (SSSR count). The molecule has 0 amide bonds. The second-order valence-corrected chi connectivity index (χ2v) is 9.51. The molecule has 0 aliphatic carbocycles. The maximum Gasteiger partial charge on any atom is 0.0914 e. The van der Waals surface area contributed by atoms with E-state index in [-0.39, 0.29) is 0 Å². The van der Waals surface area contributed by atoms with Crippen LogP contribution >= 0.6 is 0 Å². The van der Waals surface area contributed by atoms with E-state index in [1.165, 1.54) is 27.3 Å². The third-order valence-electron chi connectivity index (χ3n) is 6.94. The van der Waals surface area contributed by atoms with Crippen molar-refractivity contribution >= 4 is 21.7 Å². The lowest BCUT2D eigenvalue weighted by Crippen LogP contribution is -2.24. The number of aliphatic hydroxyl groups is 1. The molecular formula is C32H29N3O. The number of hydrogen-bond donors (Lipinski definition) is 1. The van der Waals surface area contributed by atoms with E-state index in [1.54, 1.807) is 0 Å². The summed E-state index contributed by atoms with van der Waals surface area (Å²) in [6.45, 7) is 4.92. The van der Waals surface area contributed by atoms with Crippen LogP contribution in [0.15, 0.2) is 103 Å². The average Bonchev–Trinajstić information content (AvgIpc) is 3.40. The molecule has 0 fully saturated rings. The molecule has 1 N–H and O–H groups in total. The van der Waals surface area contributed by atoms with Crippen LogP contribution in [0.3, 0.4) is 0 Å². The predicted molar refractivity (Wildman–Crippen MR) is 148 cm³/mol. The van der Waals surface area contributed by atoms with E-state index in [0.717, 1.165) is 28.2 Å². The Morgan fingerprint density at radius 2 is 1.39 bits per heavy atom. The lowest BCUT2D eigenvalue weighted by molar-refractivity contribution is 0.131. The summed E-state index contributed by atoms with van der Waals surface area (Å²) in [5, 5.41) is 19.5. The van der Waals surface area contributed by atoms with Gasteiger partial charge in [0.25, 0.3) is 0 Å². The molecular weight excluding hydrogens is 442 g/mol. The molecule has 0 bridgehead atoms. The number of fused-ring (bicyclic) bond motifs is 3. The fourth-order valence-corrected chi connectivity index (χ4v) is 5.43. The maximum absolute atomic E-state index is 11.4. The van der Waals surface area contributed by atoms with Gasteiger partial charge in [-0.1, -0.05) is 97.1 Å². The Morgan fingerprint density at radius 1 is 0.722 bits per heavy atom. The standard InChI is InChI=1S/C32H29N3O/c1-22-19-23(2)35(33-22)21-27(36)20-34-31(26-14-7-4-8-15-26)30(25-12-5-3-6-13-25)29-18-17-24-11-9-10-16-28(24)32(29)34/h3-19,27,36H,20-21H2,1-2H3/t27-/m0/s1. The molecule has 36 heavy (non-hydrogen) atoms. The van der Waals surface area contributed by atoms with Crippen molar-refractivity contribution in [3.8, 4) is 22.4 Å². The highest BCUT2D eigenvalue weighted by molar-refractivity contribution is 6.15. The SMILES string of the molecule is Cc1cc(C)n(C[C@@H](O)Cn2c(-c3ccccc3)c(-c3ccccc3)c3ccc4ccccc4c32)n1. The Morgan fingerprint density at radius 3 is 2.08 bits per heavy atom. The monoisotopic (exact) mass is 471 g/mol. The van der Waals surface area contributed by atoms with E-state index in [2.05, 4.69) is 101 Å². The summed E-state index contributed by atoms with van der Waals surface area (Å²) < 4.78 is 4.23. The molecule has 1 atom stereocenters. The van der Waals surface area contributed by atoms with E-state index in [1.807, 2.05) is 30.7 Å². The smallest absolute Gasteiger partial charge is 0.0914 e. The molecule has 0 radical (unpaired) electrons. The van der Waals surface area contributed by atoms with Gasteiger partial charge in [-0.05, 0) is 36.4 Å². The van der Waals surface area contributed by atoms with Crippen LogP contribution in [0.1, 0.15) is 11.4 Å². The van der Waals surface area contributed by atoms with Gasteiger partial charge in [-0.25, -0.2) is 0 Å². The largest absolute Gasteiger partial charge is 0.389 e. The third kappa shape index (κ3) is 3.90. The lowest BCUT2D eigenvalue weighted by atomic mass is 9.97. The van der Waals surface area contributed by atoms with Crippen molar-refractivity contribution in [1.29, 1.82) is 0 Å². The fraction of sp³-hybridized carbons (Fsp3) is 0.156. The second kappa shape index (κ2) is 9.14. The molecule has 0 aliphatic heterocycles. The number of aromatic nitrogens is 3. The Hall–Kier alpha value is -4.15. The van der Waals surface area contributed by atoms with Gasteiger partial charge in [0, 0.05) is 22.0 Å². The van der Waals surface area contributed by atoms with Crippen LogP contribution < -0.4 is 0 Å². The van der Waals surface area contributed by atoms with Crippen LogP contribution in [0.25, 0.3) is 44.1 Å². The van der Waals surface area contributed by atoms with Crippen molar-refractivity contribution in [2.45, 2.75) is 33.0 Å². The predicted octanol–water partition coefficient (Wildman–Crippen LogP) is 7.00. The van der Waals surface area contributed by atoms with E-state index in [0.29, 0.717) is 13.1 Å². The lowest BCUT2D eigenvalue weighted by Gasteiger charge is -2.18. The first-order chi connectivity index (χ1) is 17.6. The number of hydrogen-bond acceptors (Lipinski definition) is 2. The highest BCUT2D eigenvalue weighted by Crippen LogP contribution is 2.43. The molecule has 4 aromatic carbocycles. The zero-order valence-electron chi connectivity index (χ0n) is 20.6. The van der Waals surface area contributed by atoms with Gasteiger partial charge in [0.2, 0.25) is 0 Å². The summed E-state index contributed by atoms with van der Waals surface area (Å²) in [5.41, 5.74) is 7.80. The minimum absolute atomic E-state index is 0.443. The second-order valence-electron chi connectivity index (χ2n) is 9.51. The molecule has 0 saturated heterocycles. The molecule has 0 aliphatic rings. The van der Waals surface area contributed by atoms with Gasteiger partial charge in [-0.2, -0.15) is 5.10 Å². The average molecular weight is 472 g/mol. The van der Waals surface area contributed by atoms with Crippen molar-refractivity contribution in [1.82, 2.24) is 14.3 Å². The van der Waals surface area contributed by atoms with Crippen molar-refractivity contribution < 1.29 is 5.11 Å². The number of rotatable bonds is 6. The number of nitrogens with zero attached hydrogens (tertiary/aromatic N) is 3. The van der Waals surface area contributed by atoms with Crippen LogP contribution in [0, 0.1) is 13.8 Å². The molecule has 0 saturated carbocycles. The zero-order chi connectivity index (χ0) is 24.6. The molecule has 178 valence electrons. The normalized spacial score (nSPS) is 12.4. The number of benzene rings is 4. The first kappa shape index (κ1) is 22.3. The van der Waals surface area contributed by atoms with Gasteiger partial charge in [0.15, 0.2) is 0 Å². The minimum atomic E-state index is -0.608. The summed E-state index contributed by atoms with van der Waals surface area (Å²) in [5.74, 6) is 0. The summed E-state index contributed by atoms with van der Waals surface area (Å²) in [7, 11) is 0. The van der Waals surface area contributed by atoms with Gasteiger partial charge >= 0.3 is 0 Å². The van der Waals surface area contributed by atoms with Gasteiger partial charge in [0.1, 0.15) is 0 Å². The number of aliphatic hydroxyl groups excluding tert-OH is 1. The van der Waals surface area contributed by atoms with Crippen LogP contribution in [0.2, 0.25) is 0 Å². The topological polar surface area (TPSA) is 43.0 Å². The van der Waals surface area contributed by atoms with Crippen LogP contribution in [0.5, 0.6) is 0 Å². The highest BCUT2D eigenvalue weighted by atomic mass is 16.3. The molecule has 4 nitrogen and oxygen atoms in total. The molecule has 0 unspecified atom stereocenters. The Kier molecular flexibility index (Phi) is 5.67. The van der Waals surface area contributed by atoms with E-state index in [9.17, 15) is 5.11 Å². The van der Waals surface area contributed by atoms with Gasteiger partial charge in [0.05, 0.1) is 36.1 Å². The summed E-state index contributed by atoms with van der Waals surface area (Å²) in [4.78, 5) is 0. The van der Waals surface area contributed by atoms with Gasteiger partial charge < -0.3 is 9.67 Å². The van der Waals surface area contributed by atoms with Crippen LogP contribution in [-0.4, -0.2) is 25.6 Å². The minimum Gasteiger partial charge on any atom is -0.389 e. The number of aryl methyl sites for hydroxylation is 2. The van der Waals surface area contributed by atoms with Crippen LogP contribution in [0.4, 0.5) is 0 Å². The fourth-order valence-electron chi connectivity index (χ4n) is 5.43. The maximum atomic E-state index is 11.4. The van der Waals surface area contributed by atoms with Crippen molar-refractivity contribution in [3.05, 3.63) is 115 Å². The Bertz CT molecular complexity index is 1660. The molecule has 2 aromatic heterocycles. The zero-order valence-corrected chi connectivity index (χ0v) is 20.6. The van der Waals surface area contributed by atoms with E-state index < -0.39 is 6.10 Å². The third-order valence-corrected chi connectivity index (χ3v) is 6.94. The van der Waals surface area contributed by atoms with Crippen molar-refractivity contribution in [3.63, 3.8) is 0 Å².